The van der Waals surface area contributed by atoms with Crippen LogP contribution in [0, 0.1) is 0 Å². The highest BCUT2D eigenvalue weighted by atomic mass is 32.1. The summed E-state index contributed by atoms with van der Waals surface area (Å²) >= 11 is 1.84. The van der Waals surface area contributed by atoms with Gasteiger partial charge in [0.2, 0.25) is 0 Å². The second-order valence-electron chi connectivity index (χ2n) is 5.04. The number of thiophene rings is 1. The van der Waals surface area contributed by atoms with Crippen LogP contribution in [0.3, 0.4) is 0 Å². The molecule has 1 heterocycles. The Morgan fingerprint density at radius 2 is 2.00 bits per heavy atom. The zero-order valence-electron chi connectivity index (χ0n) is 10.6. The first-order valence-corrected chi connectivity index (χ1v) is 7.59. The van der Waals surface area contributed by atoms with Crippen LogP contribution in [0.25, 0.3) is 10.1 Å². The molecule has 3 rings (SSSR count). The van der Waals surface area contributed by atoms with Gasteiger partial charge in [-0.15, -0.1) is 11.3 Å². The van der Waals surface area contributed by atoms with Crippen LogP contribution in [0.15, 0.2) is 42.0 Å². The molecule has 1 aliphatic rings. The first-order valence-electron chi connectivity index (χ1n) is 6.77. The molecule has 1 unspecified atom stereocenters. The largest absolute Gasteiger partial charge is 0.320 e. The summed E-state index contributed by atoms with van der Waals surface area (Å²) in [7, 11) is 0. The lowest BCUT2D eigenvalue weighted by molar-refractivity contribution is 0.690. The van der Waals surface area contributed by atoms with Crippen LogP contribution in [0.1, 0.15) is 43.0 Å². The van der Waals surface area contributed by atoms with E-state index in [4.69, 9.17) is 5.73 Å². The van der Waals surface area contributed by atoms with Crippen LogP contribution in [0.4, 0.5) is 0 Å². The molecule has 0 radical (unpaired) electrons. The van der Waals surface area contributed by atoms with Gasteiger partial charge in [0.1, 0.15) is 0 Å². The van der Waals surface area contributed by atoms with Crippen molar-refractivity contribution < 1.29 is 0 Å². The fourth-order valence-electron chi connectivity index (χ4n) is 2.66. The lowest BCUT2D eigenvalue weighted by atomic mass is 10.0. The maximum absolute atomic E-state index is 6.45. The van der Waals surface area contributed by atoms with E-state index in [2.05, 4.69) is 36.4 Å². The minimum absolute atomic E-state index is 0.112. The Balaban J connectivity index is 1.90. The predicted molar refractivity (Wildman–Crippen MR) is 79.9 cm³/mol. The van der Waals surface area contributed by atoms with Crippen molar-refractivity contribution in [3.8, 4) is 0 Å². The van der Waals surface area contributed by atoms with Gasteiger partial charge in [0.05, 0.1) is 6.04 Å². The summed E-state index contributed by atoms with van der Waals surface area (Å²) in [5.41, 5.74) is 7.89. The van der Waals surface area contributed by atoms with E-state index in [1.54, 1.807) is 0 Å². The highest BCUT2D eigenvalue weighted by molar-refractivity contribution is 7.19. The molecule has 2 aromatic rings. The lowest BCUT2D eigenvalue weighted by Crippen LogP contribution is -2.11. The van der Waals surface area contributed by atoms with Crippen LogP contribution in [-0.4, -0.2) is 0 Å². The summed E-state index contributed by atoms with van der Waals surface area (Å²) in [4.78, 5) is 1.31. The van der Waals surface area contributed by atoms with E-state index in [-0.39, 0.29) is 6.04 Å². The molecule has 2 N–H and O–H groups in total. The third kappa shape index (κ3) is 2.36. The molecule has 0 fully saturated rings. The number of rotatable bonds is 2. The SMILES string of the molecule is NC(C1=CCCCCC1)c1cc2ccccc2s1. The van der Waals surface area contributed by atoms with Gasteiger partial charge < -0.3 is 5.73 Å². The van der Waals surface area contributed by atoms with Crippen molar-refractivity contribution in [1.29, 1.82) is 0 Å². The Kier molecular flexibility index (Phi) is 3.48. The van der Waals surface area contributed by atoms with Crippen molar-refractivity contribution >= 4 is 21.4 Å². The second kappa shape index (κ2) is 5.25. The molecule has 1 aliphatic carbocycles. The number of fused-ring (bicyclic) bond motifs is 1. The van der Waals surface area contributed by atoms with Gasteiger partial charge in [-0.1, -0.05) is 36.3 Å². The van der Waals surface area contributed by atoms with Gasteiger partial charge in [0.25, 0.3) is 0 Å². The molecule has 1 nitrogen and oxygen atoms in total. The molecule has 0 spiro atoms. The molecule has 1 aromatic carbocycles. The molecule has 94 valence electrons. The Hall–Kier alpha value is -1.12. The van der Waals surface area contributed by atoms with Crippen molar-refractivity contribution in [3.63, 3.8) is 0 Å². The average Bonchev–Trinajstić information content (AvgIpc) is 2.64. The topological polar surface area (TPSA) is 26.0 Å². The molecule has 0 bridgehead atoms. The van der Waals surface area contributed by atoms with Crippen molar-refractivity contribution in [2.24, 2.45) is 5.73 Å². The van der Waals surface area contributed by atoms with Crippen molar-refractivity contribution in [2.45, 2.75) is 38.1 Å². The van der Waals surface area contributed by atoms with Gasteiger partial charge >= 0.3 is 0 Å². The summed E-state index contributed by atoms with van der Waals surface area (Å²) in [6, 6.07) is 10.9. The van der Waals surface area contributed by atoms with E-state index in [1.807, 2.05) is 11.3 Å². The van der Waals surface area contributed by atoms with E-state index in [0.29, 0.717) is 0 Å². The Labute approximate surface area is 112 Å². The predicted octanol–water partition coefficient (Wildman–Crippen LogP) is 4.79. The Morgan fingerprint density at radius 1 is 1.11 bits per heavy atom. The van der Waals surface area contributed by atoms with E-state index in [1.165, 1.54) is 52.6 Å². The molecule has 0 amide bonds. The minimum Gasteiger partial charge on any atom is -0.320 e. The number of hydrogen-bond acceptors (Lipinski definition) is 2. The summed E-state index contributed by atoms with van der Waals surface area (Å²) in [6.07, 6.45) is 8.72. The third-order valence-electron chi connectivity index (χ3n) is 3.73. The number of hydrogen-bond donors (Lipinski definition) is 1. The third-order valence-corrected chi connectivity index (χ3v) is 4.93. The van der Waals surface area contributed by atoms with Gasteiger partial charge in [-0.05, 0) is 43.2 Å². The van der Waals surface area contributed by atoms with E-state index >= 15 is 0 Å². The van der Waals surface area contributed by atoms with Crippen molar-refractivity contribution in [3.05, 3.63) is 46.9 Å². The lowest BCUT2D eigenvalue weighted by Gasteiger charge is -2.13. The Bertz CT molecular complexity index is 534. The quantitative estimate of drug-likeness (QED) is 0.769. The number of allylic oxidation sites excluding steroid dienone is 1. The highest BCUT2D eigenvalue weighted by Gasteiger charge is 2.15. The summed E-state index contributed by atoms with van der Waals surface area (Å²) in [5.74, 6) is 0. The van der Waals surface area contributed by atoms with E-state index in [9.17, 15) is 0 Å². The first-order chi connectivity index (χ1) is 8.84. The minimum atomic E-state index is 0.112. The summed E-state index contributed by atoms with van der Waals surface area (Å²) in [5, 5.41) is 1.32. The molecule has 2 heteroatoms. The van der Waals surface area contributed by atoms with E-state index < -0.39 is 0 Å². The average molecular weight is 257 g/mol. The normalized spacial score (nSPS) is 18.4. The molecule has 1 aromatic heterocycles. The highest BCUT2D eigenvalue weighted by Crippen LogP contribution is 2.34. The maximum Gasteiger partial charge on any atom is 0.0605 e. The van der Waals surface area contributed by atoms with Crippen molar-refractivity contribution in [1.82, 2.24) is 0 Å². The molecule has 18 heavy (non-hydrogen) atoms. The summed E-state index contributed by atoms with van der Waals surface area (Å²) in [6.45, 7) is 0. The zero-order chi connectivity index (χ0) is 12.4. The molecular weight excluding hydrogens is 238 g/mol. The first kappa shape index (κ1) is 11.9. The monoisotopic (exact) mass is 257 g/mol. The van der Waals surface area contributed by atoms with E-state index in [0.717, 1.165) is 0 Å². The van der Waals surface area contributed by atoms with Gasteiger partial charge in [0.15, 0.2) is 0 Å². The van der Waals surface area contributed by atoms with Gasteiger partial charge in [-0.25, -0.2) is 0 Å². The van der Waals surface area contributed by atoms with Crippen LogP contribution < -0.4 is 5.73 Å². The fourth-order valence-corrected chi connectivity index (χ4v) is 3.77. The molecular formula is C16H19NS. The van der Waals surface area contributed by atoms with Gasteiger partial charge in [-0.2, -0.15) is 0 Å². The zero-order valence-corrected chi connectivity index (χ0v) is 11.4. The fraction of sp³-hybridized carbons (Fsp3) is 0.375. The standard InChI is InChI=1S/C16H19NS/c17-16(12-7-3-1-2-4-8-12)15-11-13-9-5-6-10-14(13)18-15/h5-7,9-11,16H,1-4,8,17H2. The van der Waals surface area contributed by atoms with Crippen LogP contribution in [0.5, 0.6) is 0 Å². The second-order valence-corrected chi connectivity index (χ2v) is 6.16. The van der Waals surface area contributed by atoms with Crippen molar-refractivity contribution in [2.75, 3.05) is 0 Å². The summed E-state index contributed by atoms with van der Waals surface area (Å²) < 4.78 is 1.34. The van der Waals surface area contributed by atoms with Crippen LogP contribution >= 0.6 is 11.3 Å². The van der Waals surface area contributed by atoms with Crippen LogP contribution in [0.2, 0.25) is 0 Å². The van der Waals surface area contributed by atoms with Gasteiger partial charge in [0, 0.05) is 9.58 Å². The van der Waals surface area contributed by atoms with Crippen LogP contribution in [-0.2, 0) is 0 Å². The molecule has 0 aliphatic heterocycles. The molecule has 0 saturated carbocycles. The smallest absolute Gasteiger partial charge is 0.0605 e. The molecule has 1 atom stereocenters. The van der Waals surface area contributed by atoms with Gasteiger partial charge in [-0.3, -0.25) is 0 Å². The molecule has 0 saturated heterocycles. The number of nitrogens with two attached hydrogens (primary N) is 1. The maximum atomic E-state index is 6.45. The Morgan fingerprint density at radius 3 is 2.89 bits per heavy atom. The number of benzene rings is 1.